The zero-order chi connectivity index (χ0) is 16.6. The van der Waals surface area contributed by atoms with E-state index in [1.807, 2.05) is 36.5 Å². The summed E-state index contributed by atoms with van der Waals surface area (Å²) in [6.07, 6.45) is 17.6. The second-order valence-corrected chi connectivity index (χ2v) is 6.12. The lowest BCUT2D eigenvalue weighted by Gasteiger charge is -2.13. The summed E-state index contributed by atoms with van der Waals surface area (Å²) in [5.74, 6) is 0. The van der Waals surface area contributed by atoms with E-state index >= 15 is 0 Å². The first-order chi connectivity index (χ1) is 11.8. The van der Waals surface area contributed by atoms with Gasteiger partial charge in [0, 0.05) is 18.5 Å². The average Bonchev–Trinajstić information content (AvgIpc) is 2.64. The second kappa shape index (κ2) is 8.51. The van der Waals surface area contributed by atoms with Crippen molar-refractivity contribution in [1.82, 2.24) is 5.32 Å². The maximum Gasteiger partial charge on any atom is 0.0629 e. The molecular weight excluding hydrogens is 316 g/mol. The first-order valence-electron chi connectivity index (χ1n) is 8.27. The highest BCUT2D eigenvalue weighted by molar-refractivity contribution is 6.34. The van der Waals surface area contributed by atoms with Crippen LogP contribution in [0.4, 0.5) is 5.69 Å². The summed E-state index contributed by atoms with van der Waals surface area (Å²) in [5, 5.41) is 4.24. The fraction of sp³-hybridized carbons (Fsp3) is 0.190. The van der Waals surface area contributed by atoms with E-state index in [1.165, 1.54) is 5.70 Å². The van der Waals surface area contributed by atoms with Crippen LogP contribution in [0.3, 0.4) is 0 Å². The summed E-state index contributed by atoms with van der Waals surface area (Å²) in [7, 11) is 0. The number of hydrogen-bond donors (Lipinski definition) is 1. The van der Waals surface area contributed by atoms with E-state index in [0.29, 0.717) is 0 Å². The Labute approximate surface area is 148 Å². The van der Waals surface area contributed by atoms with Gasteiger partial charge in [0.25, 0.3) is 0 Å². The lowest BCUT2D eigenvalue weighted by atomic mass is 10.0. The van der Waals surface area contributed by atoms with Crippen LogP contribution < -0.4 is 5.32 Å². The van der Waals surface area contributed by atoms with E-state index < -0.39 is 0 Å². The van der Waals surface area contributed by atoms with Gasteiger partial charge in [-0.1, -0.05) is 60.2 Å². The molecule has 1 N–H and O–H groups in total. The number of aliphatic imine (C=N–C) groups is 1. The van der Waals surface area contributed by atoms with Crippen molar-refractivity contribution in [2.75, 3.05) is 6.54 Å². The third-order valence-electron chi connectivity index (χ3n) is 3.96. The Hall–Kier alpha value is -2.32. The standard InChI is InChI=1S/C21H21ClN2/c22-21-17(14-15-23-19-10-3-1-4-11-19)8-7-9-18(21)16-24-20-12-5-2-6-13-20/h1-3,5-8,10,12-14,16,23H,4,9,11,15H2/b17-14+,24-16?. The number of hydrogen-bond acceptors (Lipinski definition) is 2. The zero-order valence-electron chi connectivity index (χ0n) is 13.6. The molecule has 24 heavy (non-hydrogen) atoms. The van der Waals surface area contributed by atoms with E-state index in [2.05, 4.69) is 46.8 Å². The molecule has 2 aliphatic carbocycles. The predicted molar refractivity (Wildman–Crippen MR) is 104 cm³/mol. The van der Waals surface area contributed by atoms with Gasteiger partial charge >= 0.3 is 0 Å². The van der Waals surface area contributed by atoms with E-state index in [-0.39, 0.29) is 0 Å². The lowest BCUT2D eigenvalue weighted by molar-refractivity contribution is 0.800. The van der Waals surface area contributed by atoms with Crippen LogP contribution in [0.25, 0.3) is 0 Å². The van der Waals surface area contributed by atoms with Gasteiger partial charge in [-0.2, -0.15) is 0 Å². The molecular formula is C21H21ClN2. The number of rotatable bonds is 5. The second-order valence-electron chi connectivity index (χ2n) is 5.74. The molecule has 0 heterocycles. The summed E-state index contributed by atoms with van der Waals surface area (Å²) in [4.78, 5) is 4.51. The van der Waals surface area contributed by atoms with Crippen molar-refractivity contribution < 1.29 is 0 Å². The molecule has 0 radical (unpaired) electrons. The Morgan fingerprint density at radius 3 is 2.83 bits per heavy atom. The molecule has 3 heteroatoms. The minimum Gasteiger partial charge on any atom is -0.385 e. The van der Waals surface area contributed by atoms with Crippen LogP contribution in [-0.4, -0.2) is 12.8 Å². The highest BCUT2D eigenvalue weighted by atomic mass is 35.5. The quantitative estimate of drug-likeness (QED) is 0.696. The molecule has 0 unspecified atom stereocenters. The molecule has 2 nitrogen and oxygen atoms in total. The Morgan fingerprint density at radius 1 is 1.17 bits per heavy atom. The molecule has 0 aliphatic heterocycles. The lowest BCUT2D eigenvalue weighted by Crippen LogP contribution is -2.14. The molecule has 0 bridgehead atoms. The number of nitrogens with zero attached hydrogens (tertiary/aromatic N) is 1. The van der Waals surface area contributed by atoms with Gasteiger partial charge < -0.3 is 5.32 Å². The van der Waals surface area contributed by atoms with Crippen molar-refractivity contribution in [3.63, 3.8) is 0 Å². The van der Waals surface area contributed by atoms with Crippen molar-refractivity contribution in [2.45, 2.75) is 19.3 Å². The molecule has 0 saturated carbocycles. The SMILES string of the molecule is ClC1=C(C=Nc2ccccc2)CC=C/C1=C\CNC1=CC=CCC1. The molecule has 0 saturated heterocycles. The molecule has 0 fully saturated rings. The van der Waals surface area contributed by atoms with Crippen LogP contribution in [-0.2, 0) is 0 Å². The summed E-state index contributed by atoms with van der Waals surface area (Å²) in [6.45, 7) is 0.776. The number of allylic oxidation sites excluding steroid dienone is 9. The third kappa shape index (κ3) is 4.59. The summed E-state index contributed by atoms with van der Waals surface area (Å²) >= 11 is 6.55. The van der Waals surface area contributed by atoms with Crippen LogP contribution in [0.2, 0.25) is 0 Å². The van der Waals surface area contributed by atoms with Gasteiger partial charge in [0.05, 0.1) is 10.7 Å². The van der Waals surface area contributed by atoms with Crippen LogP contribution in [0.15, 0.2) is 93.7 Å². The predicted octanol–water partition coefficient (Wildman–Crippen LogP) is 5.59. The molecule has 0 spiro atoms. The largest absolute Gasteiger partial charge is 0.385 e. The average molecular weight is 337 g/mol. The van der Waals surface area contributed by atoms with Gasteiger partial charge in [-0.25, -0.2) is 0 Å². The first-order valence-corrected chi connectivity index (χ1v) is 8.65. The highest BCUT2D eigenvalue weighted by Gasteiger charge is 2.10. The minimum absolute atomic E-state index is 0.776. The van der Waals surface area contributed by atoms with E-state index in [9.17, 15) is 0 Å². The zero-order valence-corrected chi connectivity index (χ0v) is 14.3. The molecule has 0 amide bonds. The molecule has 2 aliphatic rings. The monoisotopic (exact) mass is 336 g/mol. The Kier molecular flexibility index (Phi) is 5.86. The van der Waals surface area contributed by atoms with Crippen molar-refractivity contribution in [3.8, 4) is 0 Å². The number of nitrogens with one attached hydrogen (secondary N) is 1. The van der Waals surface area contributed by atoms with Crippen molar-refractivity contribution in [3.05, 3.63) is 88.7 Å². The summed E-state index contributed by atoms with van der Waals surface area (Å²) in [5.41, 5.74) is 4.32. The van der Waals surface area contributed by atoms with Gasteiger partial charge in [-0.15, -0.1) is 0 Å². The highest BCUT2D eigenvalue weighted by Crippen LogP contribution is 2.27. The van der Waals surface area contributed by atoms with Crippen molar-refractivity contribution in [1.29, 1.82) is 0 Å². The van der Waals surface area contributed by atoms with Gasteiger partial charge in [0.15, 0.2) is 0 Å². The maximum atomic E-state index is 6.55. The number of para-hydroxylation sites is 1. The summed E-state index contributed by atoms with van der Waals surface area (Å²) in [6, 6.07) is 9.92. The van der Waals surface area contributed by atoms with Crippen LogP contribution in [0.1, 0.15) is 19.3 Å². The Balaban J connectivity index is 1.66. The van der Waals surface area contributed by atoms with Crippen LogP contribution >= 0.6 is 11.6 Å². The van der Waals surface area contributed by atoms with E-state index in [0.717, 1.165) is 47.7 Å². The molecule has 0 atom stereocenters. The number of benzene rings is 1. The van der Waals surface area contributed by atoms with Crippen LogP contribution in [0.5, 0.6) is 0 Å². The minimum atomic E-state index is 0.776. The van der Waals surface area contributed by atoms with Gasteiger partial charge in [0.1, 0.15) is 0 Å². The van der Waals surface area contributed by atoms with Gasteiger partial charge in [-0.05, 0) is 48.6 Å². The van der Waals surface area contributed by atoms with Crippen molar-refractivity contribution in [2.24, 2.45) is 4.99 Å². The van der Waals surface area contributed by atoms with E-state index in [4.69, 9.17) is 11.6 Å². The van der Waals surface area contributed by atoms with Crippen molar-refractivity contribution >= 4 is 23.5 Å². The Morgan fingerprint density at radius 2 is 2.04 bits per heavy atom. The molecule has 0 aromatic heterocycles. The van der Waals surface area contributed by atoms with E-state index in [1.54, 1.807) is 0 Å². The fourth-order valence-corrected chi connectivity index (χ4v) is 2.90. The Bertz CT molecular complexity index is 749. The van der Waals surface area contributed by atoms with Crippen LogP contribution in [0, 0.1) is 0 Å². The summed E-state index contributed by atoms with van der Waals surface area (Å²) < 4.78 is 0. The third-order valence-corrected chi connectivity index (χ3v) is 4.42. The molecule has 122 valence electrons. The normalized spacial score (nSPS) is 19.2. The van der Waals surface area contributed by atoms with Gasteiger partial charge in [-0.3, -0.25) is 4.99 Å². The maximum absolute atomic E-state index is 6.55. The topological polar surface area (TPSA) is 24.4 Å². The number of halogens is 1. The first kappa shape index (κ1) is 16.5. The van der Waals surface area contributed by atoms with Gasteiger partial charge in [0.2, 0.25) is 0 Å². The smallest absolute Gasteiger partial charge is 0.0629 e. The molecule has 1 aromatic rings. The molecule has 1 aromatic carbocycles. The fourth-order valence-electron chi connectivity index (χ4n) is 2.64. The molecule has 3 rings (SSSR count).